The molecule has 2 aromatic rings. The van der Waals surface area contributed by atoms with Crippen molar-refractivity contribution in [2.24, 2.45) is 5.10 Å². The molecular weight excluding hydrogens is 308 g/mol. The first-order valence-corrected chi connectivity index (χ1v) is 7.67. The van der Waals surface area contributed by atoms with Gasteiger partial charge >= 0.3 is 0 Å². The summed E-state index contributed by atoms with van der Waals surface area (Å²) in [4.78, 5) is 21.2. The van der Waals surface area contributed by atoms with E-state index < -0.39 is 0 Å². The second-order valence-electron chi connectivity index (χ2n) is 5.40. The van der Waals surface area contributed by atoms with Crippen LogP contribution in [0.4, 0.5) is 17.8 Å². The predicted molar refractivity (Wildman–Crippen MR) is 92.6 cm³/mol. The van der Waals surface area contributed by atoms with E-state index in [9.17, 15) is 0 Å². The minimum Gasteiger partial charge on any atom is -0.378 e. The highest BCUT2D eigenvalue weighted by atomic mass is 16.5. The van der Waals surface area contributed by atoms with Crippen LogP contribution in [-0.2, 0) is 4.74 Å². The van der Waals surface area contributed by atoms with Crippen molar-refractivity contribution < 1.29 is 4.74 Å². The molecule has 1 saturated heterocycles. The average Bonchev–Trinajstić information content (AvgIpc) is 2.63. The molecule has 0 radical (unpaired) electrons. The lowest BCUT2D eigenvalue weighted by Crippen LogP contribution is -2.37. The van der Waals surface area contributed by atoms with Gasteiger partial charge < -0.3 is 14.5 Å². The van der Waals surface area contributed by atoms with Gasteiger partial charge in [-0.3, -0.25) is 4.98 Å². The van der Waals surface area contributed by atoms with Gasteiger partial charge in [0.15, 0.2) is 0 Å². The largest absolute Gasteiger partial charge is 0.378 e. The molecule has 0 unspecified atom stereocenters. The van der Waals surface area contributed by atoms with E-state index in [1.165, 1.54) is 0 Å². The zero-order chi connectivity index (χ0) is 16.8. The monoisotopic (exact) mass is 328 g/mol. The molecule has 3 rings (SSSR count). The number of hydrogen-bond acceptors (Lipinski definition) is 9. The van der Waals surface area contributed by atoms with Gasteiger partial charge in [-0.1, -0.05) is 0 Å². The van der Waals surface area contributed by atoms with Gasteiger partial charge in [-0.05, 0) is 17.7 Å². The fourth-order valence-electron chi connectivity index (χ4n) is 2.12. The predicted octanol–water partition coefficient (Wildman–Crippen LogP) is 0.615. The van der Waals surface area contributed by atoms with Crippen molar-refractivity contribution in [1.82, 2.24) is 19.9 Å². The van der Waals surface area contributed by atoms with Gasteiger partial charge in [0.1, 0.15) is 0 Å². The van der Waals surface area contributed by atoms with Crippen LogP contribution in [0.3, 0.4) is 0 Å². The van der Waals surface area contributed by atoms with Gasteiger partial charge in [-0.15, -0.1) is 0 Å². The van der Waals surface area contributed by atoms with Crippen molar-refractivity contribution >= 4 is 24.1 Å². The first kappa shape index (κ1) is 16.1. The van der Waals surface area contributed by atoms with E-state index in [2.05, 4.69) is 35.4 Å². The Labute approximate surface area is 140 Å². The number of ether oxygens (including phenoxy) is 1. The van der Waals surface area contributed by atoms with E-state index in [4.69, 9.17) is 4.74 Å². The normalized spacial score (nSPS) is 14.8. The third kappa shape index (κ3) is 4.13. The van der Waals surface area contributed by atoms with Crippen LogP contribution in [0.1, 0.15) is 5.56 Å². The van der Waals surface area contributed by atoms with Gasteiger partial charge in [-0.2, -0.15) is 20.1 Å². The number of hydrazone groups is 1. The molecule has 2 aromatic heterocycles. The van der Waals surface area contributed by atoms with Crippen LogP contribution in [0.25, 0.3) is 0 Å². The molecule has 0 spiro atoms. The highest BCUT2D eigenvalue weighted by Crippen LogP contribution is 2.16. The Morgan fingerprint density at radius 3 is 2.62 bits per heavy atom. The third-order valence-electron chi connectivity index (χ3n) is 3.39. The smallest absolute Gasteiger partial charge is 0.250 e. The van der Waals surface area contributed by atoms with Crippen LogP contribution in [-0.4, -0.2) is 66.5 Å². The lowest BCUT2D eigenvalue weighted by molar-refractivity contribution is 0.122. The summed E-state index contributed by atoms with van der Waals surface area (Å²) in [6.45, 7) is 2.87. The summed E-state index contributed by atoms with van der Waals surface area (Å²) in [5, 5.41) is 4.18. The molecule has 1 aliphatic rings. The minimum absolute atomic E-state index is 0.403. The van der Waals surface area contributed by atoms with E-state index in [1.54, 1.807) is 18.6 Å². The minimum atomic E-state index is 0.403. The fraction of sp³-hybridized carbons (Fsp3) is 0.400. The van der Waals surface area contributed by atoms with Crippen molar-refractivity contribution in [3.05, 3.63) is 30.1 Å². The van der Waals surface area contributed by atoms with Crippen LogP contribution >= 0.6 is 0 Å². The molecule has 9 nitrogen and oxygen atoms in total. The van der Waals surface area contributed by atoms with Crippen molar-refractivity contribution in [3.63, 3.8) is 0 Å². The maximum Gasteiger partial charge on any atom is 0.250 e. The van der Waals surface area contributed by atoms with Crippen LogP contribution in [0.2, 0.25) is 0 Å². The molecule has 126 valence electrons. The third-order valence-corrected chi connectivity index (χ3v) is 3.39. The van der Waals surface area contributed by atoms with E-state index in [-0.39, 0.29) is 0 Å². The number of aromatic nitrogens is 4. The average molecular weight is 328 g/mol. The Morgan fingerprint density at radius 1 is 1.17 bits per heavy atom. The summed E-state index contributed by atoms with van der Waals surface area (Å²) in [5.74, 6) is 1.60. The second kappa shape index (κ2) is 7.64. The van der Waals surface area contributed by atoms with Crippen LogP contribution in [0.15, 0.2) is 29.6 Å². The van der Waals surface area contributed by atoms with Crippen molar-refractivity contribution in [2.45, 2.75) is 0 Å². The SMILES string of the molecule is CN(C)c1nc(N/N=C\c2ccncc2)nc(N2CCOCC2)n1. The Bertz CT molecular complexity index is 685. The first-order chi connectivity index (χ1) is 11.7. The zero-order valence-corrected chi connectivity index (χ0v) is 13.8. The van der Waals surface area contributed by atoms with Gasteiger partial charge in [0, 0.05) is 39.6 Å². The fourth-order valence-corrected chi connectivity index (χ4v) is 2.12. The molecule has 9 heteroatoms. The number of hydrogen-bond donors (Lipinski definition) is 1. The molecule has 0 amide bonds. The topological polar surface area (TPSA) is 91.7 Å². The number of pyridine rings is 1. The maximum absolute atomic E-state index is 5.38. The molecule has 1 N–H and O–H groups in total. The maximum atomic E-state index is 5.38. The Hall–Kier alpha value is -2.81. The summed E-state index contributed by atoms with van der Waals surface area (Å²) < 4.78 is 5.38. The van der Waals surface area contributed by atoms with E-state index in [0.29, 0.717) is 31.1 Å². The lowest BCUT2D eigenvalue weighted by atomic mass is 10.3. The molecule has 0 aliphatic carbocycles. The number of anilines is 3. The quantitative estimate of drug-likeness (QED) is 0.631. The summed E-state index contributed by atoms with van der Waals surface area (Å²) >= 11 is 0. The van der Waals surface area contributed by atoms with Gasteiger partial charge in [0.2, 0.25) is 17.8 Å². The summed E-state index contributed by atoms with van der Waals surface area (Å²) in [6, 6.07) is 3.73. The highest BCUT2D eigenvalue weighted by molar-refractivity contribution is 5.79. The lowest BCUT2D eigenvalue weighted by Gasteiger charge is -2.27. The van der Waals surface area contributed by atoms with Gasteiger partial charge in [0.05, 0.1) is 19.4 Å². The molecule has 0 atom stereocenters. The van der Waals surface area contributed by atoms with E-state index >= 15 is 0 Å². The summed E-state index contributed by atoms with van der Waals surface area (Å²) in [7, 11) is 3.78. The summed E-state index contributed by atoms with van der Waals surface area (Å²) in [6.07, 6.45) is 5.12. The number of nitrogens with one attached hydrogen (secondary N) is 1. The molecule has 0 aromatic carbocycles. The molecule has 3 heterocycles. The van der Waals surface area contributed by atoms with Crippen LogP contribution < -0.4 is 15.2 Å². The molecule has 0 saturated carbocycles. The summed E-state index contributed by atoms with van der Waals surface area (Å²) in [5.41, 5.74) is 3.81. The molecular formula is C15H20N8O. The number of nitrogens with zero attached hydrogens (tertiary/aromatic N) is 7. The molecule has 1 fully saturated rings. The van der Waals surface area contributed by atoms with Crippen LogP contribution in [0.5, 0.6) is 0 Å². The van der Waals surface area contributed by atoms with Crippen molar-refractivity contribution in [1.29, 1.82) is 0 Å². The van der Waals surface area contributed by atoms with Crippen molar-refractivity contribution in [3.8, 4) is 0 Å². The van der Waals surface area contributed by atoms with Gasteiger partial charge in [0.25, 0.3) is 0 Å². The highest BCUT2D eigenvalue weighted by Gasteiger charge is 2.17. The Morgan fingerprint density at radius 2 is 1.92 bits per heavy atom. The van der Waals surface area contributed by atoms with Crippen molar-refractivity contribution in [2.75, 3.05) is 55.6 Å². The van der Waals surface area contributed by atoms with E-state index in [0.717, 1.165) is 18.7 Å². The Balaban J connectivity index is 1.78. The van der Waals surface area contributed by atoms with Crippen LogP contribution in [0, 0.1) is 0 Å². The molecule has 1 aliphatic heterocycles. The molecule has 0 bridgehead atoms. The Kier molecular flexibility index (Phi) is 5.12. The second-order valence-corrected chi connectivity index (χ2v) is 5.40. The van der Waals surface area contributed by atoms with E-state index in [1.807, 2.05) is 31.1 Å². The first-order valence-electron chi connectivity index (χ1n) is 7.67. The molecule has 24 heavy (non-hydrogen) atoms. The standard InChI is InChI=1S/C15H20N8O/c1-22(2)14-18-13(21-17-11-12-3-5-16-6-4-12)19-15(20-14)23-7-9-24-10-8-23/h3-6,11H,7-10H2,1-2H3,(H,18,19,20,21)/b17-11-. The number of rotatable bonds is 5. The van der Waals surface area contributed by atoms with Gasteiger partial charge in [-0.25, -0.2) is 5.43 Å². The number of morpholine rings is 1. The zero-order valence-electron chi connectivity index (χ0n) is 13.8.